The second-order valence-corrected chi connectivity index (χ2v) is 4.15. The van der Waals surface area contributed by atoms with Crippen molar-refractivity contribution in [3.05, 3.63) is 29.3 Å². The summed E-state index contributed by atoms with van der Waals surface area (Å²) in [6.45, 7) is 7.36. The molecule has 3 nitrogen and oxygen atoms in total. The van der Waals surface area contributed by atoms with Gasteiger partial charge in [0, 0.05) is 5.69 Å². The van der Waals surface area contributed by atoms with Crippen LogP contribution in [0.4, 0.5) is 5.69 Å². The Morgan fingerprint density at radius 1 is 1.31 bits per heavy atom. The van der Waals surface area contributed by atoms with Crippen LogP contribution in [0.5, 0.6) is 0 Å². The van der Waals surface area contributed by atoms with Gasteiger partial charge in [-0.15, -0.1) is 0 Å². The minimum absolute atomic E-state index is 0.0433. The van der Waals surface area contributed by atoms with Gasteiger partial charge in [0.25, 0.3) is 0 Å². The molecule has 16 heavy (non-hydrogen) atoms. The second kappa shape index (κ2) is 5.66. The lowest BCUT2D eigenvalue weighted by molar-refractivity contribution is -0.117. The van der Waals surface area contributed by atoms with Crippen LogP contribution in [-0.4, -0.2) is 30.9 Å². The third-order valence-corrected chi connectivity index (χ3v) is 2.70. The monoisotopic (exact) mass is 220 g/mol. The predicted octanol–water partition coefficient (Wildman–Crippen LogP) is 2.19. The summed E-state index contributed by atoms with van der Waals surface area (Å²) < 4.78 is 0. The van der Waals surface area contributed by atoms with Crippen molar-refractivity contribution in [3.63, 3.8) is 0 Å². The van der Waals surface area contributed by atoms with Crippen LogP contribution < -0.4 is 5.32 Å². The van der Waals surface area contributed by atoms with Crippen LogP contribution in [-0.2, 0) is 4.79 Å². The SMILES string of the molecule is CCN(C)CC(=O)Nc1c(C)cccc1C. The minimum atomic E-state index is 0.0433. The molecule has 0 aromatic heterocycles. The Labute approximate surface area is 97.5 Å². The quantitative estimate of drug-likeness (QED) is 0.843. The highest BCUT2D eigenvalue weighted by molar-refractivity contribution is 5.93. The fourth-order valence-electron chi connectivity index (χ4n) is 1.55. The molecule has 0 fully saturated rings. The molecule has 0 heterocycles. The lowest BCUT2D eigenvalue weighted by Gasteiger charge is -2.15. The molecule has 1 rings (SSSR count). The maximum absolute atomic E-state index is 11.7. The fraction of sp³-hybridized carbons (Fsp3) is 0.462. The highest BCUT2D eigenvalue weighted by Crippen LogP contribution is 2.19. The first kappa shape index (κ1) is 12.7. The number of para-hydroxylation sites is 1. The van der Waals surface area contributed by atoms with Gasteiger partial charge in [0.2, 0.25) is 5.91 Å². The molecular formula is C13H20N2O. The number of amides is 1. The van der Waals surface area contributed by atoms with Crippen molar-refractivity contribution in [1.29, 1.82) is 0 Å². The zero-order chi connectivity index (χ0) is 12.1. The van der Waals surface area contributed by atoms with E-state index in [1.807, 2.05) is 50.9 Å². The predicted molar refractivity (Wildman–Crippen MR) is 67.7 cm³/mol. The van der Waals surface area contributed by atoms with Crippen molar-refractivity contribution in [2.75, 3.05) is 25.5 Å². The van der Waals surface area contributed by atoms with E-state index in [1.165, 1.54) is 0 Å². The van der Waals surface area contributed by atoms with Gasteiger partial charge in [-0.05, 0) is 38.6 Å². The molecule has 0 spiro atoms. The average Bonchev–Trinajstić information content (AvgIpc) is 2.23. The van der Waals surface area contributed by atoms with Crippen molar-refractivity contribution < 1.29 is 4.79 Å². The summed E-state index contributed by atoms with van der Waals surface area (Å²) in [5.74, 6) is 0.0433. The Bertz CT molecular complexity index is 354. The van der Waals surface area contributed by atoms with Crippen LogP contribution in [0.15, 0.2) is 18.2 Å². The summed E-state index contributed by atoms with van der Waals surface area (Å²) in [5.41, 5.74) is 3.15. The van der Waals surface area contributed by atoms with Gasteiger partial charge in [-0.2, -0.15) is 0 Å². The lowest BCUT2D eigenvalue weighted by Crippen LogP contribution is -2.30. The van der Waals surface area contributed by atoms with Gasteiger partial charge >= 0.3 is 0 Å². The Morgan fingerprint density at radius 2 is 1.88 bits per heavy atom. The third kappa shape index (κ3) is 3.35. The highest BCUT2D eigenvalue weighted by Gasteiger charge is 2.08. The summed E-state index contributed by atoms with van der Waals surface area (Å²) in [4.78, 5) is 13.7. The third-order valence-electron chi connectivity index (χ3n) is 2.70. The fourth-order valence-corrected chi connectivity index (χ4v) is 1.55. The molecule has 88 valence electrons. The summed E-state index contributed by atoms with van der Waals surface area (Å²) in [6.07, 6.45) is 0. The zero-order valence-electron chi connectivity index (χ0n) is 10.5. The number of hydrogen-bond acceptors (Lipinski definition) is 2. The Balaban J connectivity index is 2.70. The molecule has 1 amide bonds. The topological polar surface area (TPSA) is 32.3 Å². The molecule has 1 aromatic rings. The number of aryl methyl sites for hydroxylation is 2. The Kier molecular flexibility index (Phi) is 4.50. The number of nitrogens with one attached hydrogen (secondary N) is 1. The molecule has 0 saturated carbocycles. The summed E-state index contributed by atoms with van der Waals surface area (Å²) in [5, 5.41) is 2.96. The smallest absolute Gasteiger partial charge is 0.238 e. The van der Waals surface area contributed by atoms with E-state index >= 15 is 0 Å². The molecule has 1 aromatic carbocycles. The lowest BCUT2D eigenvalue weighted by atomic mass is 10.1. The van der Waals surface area contributed by atoms with E-state index in [1.54, 1.807) is 0 Å². The second-order valence-electron chi connectivity index (χ2n) is 4.15. The maximum Gasteiger partial charge on any atom is 0.238 e. The number of rotatable bonds is 4. The van der Waals surface area contributed by atoms with Gasteiger partial charge in [-0.1, -0.05) is 25.1 Å². The summed E-state index contributed by atoms with van der Waals surface area (Å²) in [7, 11) is 1.93. The number of nitrogens with zero attached hydrogens (tertiary/aromatic N) is 1. The molecule has 3 heteroatoms. The number of carbonyl (C=O) groups is 1. The molecule has 0 aliphatic rings. The van der Waals surface area contributed by atoms with Crippen molar-refractivity contribution in [2.45, 2.75) is 20.8 Å². The first-order chi connectivity index (χ1) is 7.54. The number of anilines is 1. The van der Waals surface area contributed by atoms with E-state index in [-0.39, 0.29) is 5.91 Å². The minimum Gasteiger partial charge on any atom is -0.324 e. The number of likely N-dealkylation sites (N-methyl/N-ethyl adjacent to an activating group) is 1. The molecule has 0 aliphatic carbocycles. The normalized spacial score (nSPS) is 10.6. The largest absolute Gasteiger partial charge is 0.324 e. The molecule has 0 bridgehead atoms. The number of carbonyl (C=O) groups excluding carboxylic acids is 1. The van der Waals surface area contributed by atoms with Crippen molar-refractivity contribution >= 4 is 11.6 Å². The van der Waals surface area contributed by atoms with Gasteiger partial charge in [0.15, 0.2) is 0 Å². The van der Waals surface area contributed by atoms with Crippen LogP contribution in [0, 0.1) is 13.8 Å². The maximum atomic E-state index is 11.7. The van der Waals surface area contributed by atoms with E-state index in [4.69, 9.17) is 0 Å². The average molecular weight is 220 g/mol. The van der Waals surface area contributed by atoms with Crippen molar-refractivity contribution in [2.24, 2.45) is 0 Å². The standard InChI is InChI=1S/C13H20N2O/c1-5-15(4)9-12(16)14-13-10(2)7-6-8-11(13)3/h6-8H,5,9H2,1-4H3,(H,14,16). The van der Waals surface area contributed by atoms with Crippen LogP contribution >= 0.6 is 0 Å². The van der Waals surface area contributed by atoms with Gasteiger partial charge in [0.05, 0.1) is 6.54 Å². The Hall–Kier alpha value is -1.35. The van der Waals surface area contributed by atoms with Gasteiger partial charge in [-0.3, -0.25) is 9.69 Å². The van der Waals surface area contributed by atoms with E-state index < -0.39 is 0 Å². The van der Waals surface area contributed by atoms with Crippen LogP contribution in [0.25, 0.3) is 0 Å². The van der Waals surface area contributed by atoms with Crippen molar-refractivity contribution in [1.82, 2.24) is 4.90 Å². The molecule has 1 N–H and O–H groups in total. The van der Waals surface area contributed by atoms with Crippen molar-refractivity contribution in [3.8, 4) is 0 Å². The number of hydrogen-bond donors (Lipinski definition) is 1. The molecule has 0 radical (unpaired) electrons. The van der Waals surface area contributed by atoms with Crippen LogP contribution in [0.1, 0.15) is 18.1 Å². The molecular weight excluding hydrogens is 200 g/mol. The molecule has 0 saturated heterocycles. The van der Waals surface area contributed by atoms with Gasteiger partial charge in [0.1, 0.15) is 0 Å². The van der Waals surface area contributed by atoms with E-state index in [0.717, 1.165) is 23.4 Å². The summed E-state index contributed by atoms with van der Waals surface area (Å²) >= 11 is 0. The molecule has 0 atom stereocenters. The van der Waals surface area contributed by atoms with E-state index in [2.05, 4.69) is 5.32 Å². The van der Waals surface area contributed by atoms with E-state index in [0.29, 0.717) is 6.54 Å². The number of benzene rings is 1. The first-order valence-corrected chi connectivity index (χ1v) is 5.59. The molecule has 0 aliphatic heterocycles. The first-order valence-electron chi connectivity index (χ1n) is 5.59. The van der Waals surface area contributed by atoms with Crippen LogP contribution in [0.3, 0.4) is 0 Å². The van der Waals surface area contributed by atoms with Gasteiger partial charge < -0.3 is 5.32 Å². The van der Waals surface area contributed by atoms with Crippen LogP contribution in [0.2, 0.25) is 0 Å². The highest BCUT2D eigenvalue weighted by atomic mass is 16.2. The molecule has 0 unspecified atom stereocenters. The Morgan fingerprint density at radius 3 is 2.38 bits per heavy atom. The summed E-state index contributed by atoms with van der Waals surface area (Å²) in [6, 6.07) is 6.01. The zero-order valence-corrected chi connectivity index (χ0v) is 10.5. The van der Waals surface area contributed by atoms with Gasteiger partial charge in [-0.25, -0.2) is 0 Å². The van der Waals surface area contributed by atoms with E-state index in [9.17, 15) is 4.79 Å².